The van der Waals surface area contributed by atoms with E-state index in [9.17, 15) is 4.79 Å². The summed E-state index contributed by atoms with van der Waals surface area (Å²) in [6.45, 7) is 1.14. The summed E-state index contributed by atoms with van der Waals surface area (Å²) in [4.78, 5) is 13.2. The van der Waals surface area contributed by atoms with Gasteiger partial charge in [0.1, 0.15) is 23.9 Å². The van der Waals surface area contributed by atoms with E-state index in [1.807, 2.05) is 0 Å². The number of hydrogen-bond donors (Lipinski definition) is 2. The van der Waals surface area contributed by atoms with Gasteiger partial charge in [-0.05, 0) is 18.2 Å². The molecule has 1 aliphatic heterocycles. The number of nitrogens with one attached hydrogen (secondary N) is 2. The molecule has 1 aromatic carbocycles. The maximum Gasteiger partial charge on any atom is 0.321 e. The number of anilines is 2. The lowest BCUT2D eigenvalue weighted by molar-refractivity contribution is 0.252. The highest BCUT2D eigenvalue weighted by atomic mass is 16.2. The Morgan fingerprint density at radius 2 is 2.00 bits per heavy atom. The molecule has 7 heteroatoms. The van der Waals surface area contributed by atoms with Crippen LogP contribution in [0, 0.1) is 34.0 Å². The lowest BCUT2D eigenvalue weighted by Crippen LogP contribution is -2.27. The summed E-state index contributed by atoms with van der Waals surface area (Å²) in [6.07, 6.45) is 0. The van der Waals surface area contributed by atoms with Crippen molar-refractivity contribution in [3.8, 4) is 18.2 Å². The number of nitrogens with zero attached hydrogens (tertiary/aromatic N) is 4. The monoisotopic (exact) mass is 278 g/mol. The van der Waals surface area contributed by atoms with Crippen molar-refractivity contribution in [3.05, 3.63) is 35.5 Å². The summed E-state index contributed by atoms with van der Waals surface area (Å²) in [6, 6.07) is 11.8. The van der Waals surface area contributed by atoms with Gasteiger partial charge in [-0.15, -0.1) is 0 Å². The second-order valence-corrected chi connectivity index (χ2v) is 4.14. The van der Waals surface area contributed by atoms with Crippen LogP contribution in [0.5, 0.6) is 0 Å². The molecule has 2 amide bonds. The molecule has 0 unspecified atom stereocenters. The maximum absolute atomic E-state index is 11.6. The highest BCUT2D eigenvalue weighted by Crippen LogP contribution is 2.22. The molecular weight excluding hydrogens is 268 g/mol. The smallest absolute Gasteiger partial charge is 0.321 e. The Morgan fingerprint density at radius 3 is 2.57 bits per heavy atom. The van der Waals surface area contributed by atoms with Crippen LogP contribution < -0.4 is 15.5 Å². The molecular formula is C14H10N6O. The van der Waals surface area contributed by atoms with Gasteiger partial charge in [0.2, 0.25) is 0 Å². The van der Waals surface area contributed by atoms with Crippen molar-refractivity contribution in [2.45, 2.75) is 0 Å². The Kier molecular flexibility index (Phi) is 4.04. The number of allylic oxidation sites excluding steroid dienone is 2. The lowest BCUT2D eigenvalue weighted by Gasteiger charge is -2.15. The van der Waals surface area contributed by atoms with E-state index in [1.165, 1.54) is 0 Å². The molecule has 2 N–H and O–H groups in total. The standard InChI is InChI=1S/C14H10N6O/c15-7-10(8-16)13(9-17)19-11-2-1-3-12(6-11)20-5-4-18-14(20)21/h1-3,6,19H,4-5H2,(H,18,21). The van der Waals surface area contributed by atoms with E-state index < -0.39 is 0 Å². The van der Waals surface area contributed by atoms with Gasteiger partial charge in [-0.2, -0.15) is 15.8 Å². The number of carbonyl (C=O) groups excluding carboxylic acids is 1. The lowest BCUT2D eigenvalue weighted by atomic mass is 10.2. The Hall–Kier alpha value is -3.50. The molecule has 1 fully saturated rings. The number of urea groups is 1. The molecule has 1 aromatic rings. The third-order valence-corrected chi connectivity index (χ3v) is 2.87. The van der Waals surface area contributed by atoms with Crippen LogP contribution in [0.1, 0.15) is 0 Å². The molecule has 1 heterocycles. The third-order valence-electron chi connectivity index (χ3n) is 2.87. The first-order valence-electron chi connectivity index (χ1n) is 6.06. The van der Waals surface area contributed by atoms with Crippen LogP contribution in [-0.4, -0.2) is 19.1 Å². The Balaban J connectivity index is 2.29. The minimum absolute atomic E-state index is 0.122. The van der Waals surface area contributed by atoms with Gasteiger partial charge < -0.3 is 10.6 Å². The van der Waals surface area contributed by atoms with E-state index in [-0.39, 0.29) is 17.3 Å². The number of carbonyl (C=O) groups is 1. The van der Waals surface area contributed by atoms with Crippen molar-refractivity contribution in [1.29, 1.82) is 15.8 Å². The van der Waals surface area contributed by atoms with Gasteiger partial charge in [-0.3, -0.25) is 4.90 Å². The van der Waals surface area contributed by atoms with E-state index >= 15 is 0 Å². The number of amides is 2. The maximum atomic E-state index is 11.6. The first kappa shape index (κ1) is 13.9. The zero-order chi connectivity index (χ0) is 15.2. The van der Waals surface area contributed by atoms with Crippen LogP contribution in [-0.2, 0) is 0 Å². The Labute approximate surface area is 121 Å². The van der Waals surface area contributed by atoms with Crippen LogP contribution in [0.25, 0.3) is 0 Å². The molecule has 0 bridgehead atoms. The molecule has 1 aliphatic rings. The number of hydrogen-bond acceptors (Lipinski definition) is 5. The number of benzene rings is 1. The molecule has 0 saturated carbocycles. The average molecular weight is 278 g/mol. The first-order chi connectivity index (χ1) is 10.2. The molecule has 0 aliphatic carbocycles. The molecule has 7 nitrogen and oxygen atoms in total. The van der Waals surface area contributed by atoms with Gasteiger partial charge in [0.15, 0.2) is 5.57 Å². The van der Waals surface area contributed by atoms with Crippen molar-refractivity contribution < 1.29 is 4.79 Å². The summed E-state index contributed by atoms with van der Waals surface area (Å²) >= 11 is 0. The zero-order valence-electron chi connectivity index (χ0n) is 10.9. The second-order valence-electron chi connectivity index (χ2n) is 4.14. The summed E-state index contributed by atoms with van der Waals surface area (Å²) in [7, 11) is 0. The topological polar surface area (TPSA) is 116 Å². The van der Waals surface area contributed by atoms with Gasteiger partial charge >= 0.3 is 6.03 Å². The van der Waals surface area contributed by atoms with Crippen LogP contribution in [0.4, 0.5) is 16.2 Å². The van der Waals surface area contributed by atoms with E-state index in [2.05, 4.69) is 10.6 Å². The summed E-state index contributed by atoms with van der Waals surface area (Å²) in [5, 5.41) is 32.0. The Morgan fingerprint density at radius 1 is 1.24 bits per heavy atom. The van der Waals surface area contributed by atoms with Crippen molar-refractivity contribution in [2.75, 3.05) is 23.3 Å². The molecule has 2 rings (SSSR count). The molecule has 0 aromatic heterocycles. The quantitative estimate of drug-likeness (QED) is 0.812. The molecule has 0 spiro atoms. The normalized spacial score (nSPS) is 12.6. The predicted molar refractivity (Wildman–Crippen MR) is 74.7 cm³/mol. The minimum atomic E-state index is -0.290. The minimum Gasteiger partial charge on any atom is -0.345 e. The summed E-state index contributed by atoms with van der Waals surface area (Å²) < 4.78 is 0. The van der Waals surface area contributed by atoms with Gasteiger partial charge in [0.25, 0.3) is 0 Å². The van der Waals surface area contributed by atoms with Crippen molar-refractivity contribution in [1.82, 2.24) is 5.32 Å². The largest absolute Gasteiger partial charge is 0.345 e. The average Bonchev–Trinajstić information content (AvgIpc) is 2.94. The fourth-order valence-corrected chi connectivity index (χ4v) is 1.90. The molecule has 0 radical (unpaired) electrons. The first-order valence-corrected chi connectivity index (χ1v) is 6.06. The SMILES string of the molecule is N#CC(C#N)=C(C#N)Nc1cccc(N2CCNC2=O)c1. The van der Waals surface area contributed by atoms with E-state index in [0.717, 1.165) is 0 Å². The summed E-state index contributed by atoms with van der Waals surface area (Å²) in [5.74, 6) is 0. The van der Waals surface area contributed by atoms with Crippen molar-refractivity contribution in [2.24, 2.45) is 0 Å². The van der Waals surface area contributed by atoms with Crippen LogP contribution in [0.2, 0.25) is 0 Å². The van der Waals surface area contributed by atoms with Crippen LogP contribution >= 0.6 is 0 Å². The molecule has 1 saturated heterocycles. The van der Waals surface area contributed by atoms with Gasteiger partial charge in [0.05, 0.1) is 0 Å². The van der Waals surface area contributed by atoms with Gasteiger partial charge in [-0.25, -0.2) is 4.79 Å². The number of rotatable bonds is 3. The summed E-state index contributed by atoms with van der Waals surface area (Å²) in [5.41, 5.74) is 0.777. The predicted octanol–water partition coefficient (Wildman–Crippen LogP) is 1.45. The highest BCUT2D eigenvalue weighted by Gasteiger charge is 2.21. The van der Waals surface area contributed by atoms with E-state index in [1.54, 1.807) is 47.4 Å². The second kappa shape index (κ2) is 6.10. The van der Waals surface area contributed by atoms with Crippen molar-refractivity contribution >= 4 is 17.4 Å². The fraction of sp³-hybridized carbons (Fsp3) is 0.143. The van der Waals surface area contributed by atoms with E-state index in [0.29, 0.717) is 24.5 Å². The highest BCUT2D eigenvalue weighted by molar-refractivity contribution is 5.94. The molecule has 21 heavy (non-hydrogen) atoms. The Bertz CT molecular complexity index is 715. The van der Waals surface area contributed by atoms with Crippen molar-refractivity contribution in [3.63, 3.8) is 0 Å². The fourth-order valence-electron chi connectivity index (χ4n) is 1.90. The zero-order valence-corrected chi connectivity index (χ0v) is 10.9. The molecule has 0 atom stereocenters. The molecule has 102 valence electrons. The van der Waals surface area contributed by atoms with Gasteiger partial charge in [-0.1, -0.05) is 6.07 Å². The number of nitriles is 3. The van der Waals surface area contributed by atoms with Crippen LogP contribution in [0.3, 0.4) is 0 Å². The third kappa shape index (κ3) is 2.91. The van der Waals surface area contributed by atoms with Gasteiger partial charge in [0, 0.05) is 24.5 Å². The van der Waals surface area contributed by atoms with E-state index in [4.69, 9.17) is 15.8 Å². The van der Waals surface area contributed by atoms with Crippen LogP contribution in [0.15, 0.2) is 35.5 Å².